The highest BCUT2D eigenvalue weighted by Crippen LogP contribution is 2.22. The van der Waals surface area contributed by atoms with Crippen LogP contribution in [0.3, 0.4) is 0 Å². The molecule has 0 aliphatic rings. The van der Waals surface area contributed by atoms with Crippen LogP contribution in [-0.4, -0.2) is 28.2 Å². The normalized spacial score (nSPS) is 11.0. The Bertz CT molecular complexity index is 609. The summed E-state index contributed by atoms with van der Waals surface area (Å²) in [6, 6.07) is 5.92. The molecule has 20 heavy (non-hydrogen) atoms. The van der Waals surface area contributed by atoms with Gasteiger partial charge < -0.3 is 4.74 Å². The summed E-state index contributed by atoms with van der Waals surface area (Å²) >= 11 is 5.86. The van der Waals surface area contributed by atoms with Gasteiger partial charge >= 0.3 is 0 Å². The maximum Gasteiger partial charge on any atom is 0.242 e. The molecule has 0 atom stereocenters. The lowest BCUT2D eigenvalue weighted by molar-refractivity contribution is 0.144. The molecule has 1 aromatic rings. The van der Waals surface area contributed by atoms with E-state index < -0.39 is 10.0 Å². The first-order chi connectivity index (χ1) is 9.51. The SMILES string of the molecule is C=CCCOCCNS(=O)(=O)c1ccc(C#N)cc1Cl. The van der Waals surface area contributed by atoms with Gasteiger partial charge in [0.15, 0.2) is 0 Å². The van der Waals surface area contributed by atoms with Crippen molar-refractivity contribution < 1.29 is 13.2 Å². The minimum atomic E-state index is -3.70. The third-order valence-electron chi connectivity index (χ3n) is 2.36. The smallest absolute Gasteiger partial charge is 0.242 e. The Hall–Kier alpha value is -1.39. The van der Waals surface area contributed by atoms with Crippen molar-refractivity contribution in [1.82, 2.24) is 4.72 Å². The average molecular weight is 315 g/mol. The molecule has 0 aliphatic heterocycles. The molecular weight excluding hydrogens is 300 g/mol. The van der Waals surface area contributed by atoms with Crippen LogP contribution < -0.4 is 4.72 Å². The zero-order valence-electron chi connectivity index (χ0n) is 10.8. The molecule has 0 saturated carbocycles. The van der Waals surface area contributed by atoms with E-state index in [1.807, 2.05) is 6.07 Å². The summed E-state index contributed by atoms with van der Waals surface area (Å²) in [7, 11) is -3.70. The van der Waals surface area contributed by atoms with E-state index in [4.69, 9.17) is 21.6 Å². The van der Waals surface area contributed by atoms with Crippen LogP contribution in [0.5, 0.6) is 0 Å². The fourth-order valence-electron chi connectivity index (χ4n) is 1.38. The molecule has 0 heterocycles. The highest BCUT2D eigenvalue weighted by Gasteiger charge is 2.17. The Kier molecular flexibility index (Phi) is 6.68. The lowest BCUT2D eigenvalue weighted by Gasteiger charge is -2.08. The van der Waals surface area contributed by atoms with Crippen LogP contribution in [0, 0.1) is 11.3 Å². The summed E-state index contributed by atoms with van der Waals surface area (Å²) < 4.78 is 31.6. The number of ether oxygens (including phenoxy) is 1. The predicted molar refractivity (Wildman–Crippen MR) is 77.0 cm³/mol. The van der Waals surface area contributed by atoms with Crippen LogP contribution in [0.25, 0.3) is 0 Å². The second-order valence-corrected chi connectivity index (χ2v) is 5.99. The van der Waals surface area contributed by atoms with Crippen LogP contribution >= 0.6 is 11.6 Å². The molecule has 0 unspecified atom stereocenters. The quantitative estimate of drug-likeness (QED) is 0.588. The fourth-order valence-corrected chi connectivity index (χ4v) is 2.94. The minimum Gasteiger partial charge on any atom is -0.380 e. The van der Waals surface area contributed by atoms with Crippen LogP contribution in [0.2, 0.25) is 5.02 Å². The third kappa shape index (κ3) is 4.94. The Balaban J connectivity index is 2.61. The molecule has 0 amide bonds. The largest absolute Gasteiger partial charge is 0.380 e. The molecule has 5 nitrogen and oxygen atoms in total. The molecule has 1 aromatic carbocycles. The van der Waals surface area contributed by atoms with Gasteiger partial charge in [0.1, 0.15) is 4.90 Å². The van der Waals surface area contributed by atoms with E-state index >= 15 is 0 Å². The van der Waals surface area contributed by atoms with Gasteiger partial charge in [-0.15, -0.1) is 6.58 Å². The zero-order valence-corrected chi connectivity index (χ0v) is 12.4. The summed E-state index contributed by atoms with van der Waals surface area (Å²) in [5.41, 5.74) is 0.307. The zero-order chi connectivity index (χ0) is 15.0. The summed E-state index contributed by atoms with van der Waals surface area (Å²) in [6.45, 7) is 4.47. The van der Waals surface area contributed by atoms with Crippen LogP contribution in [0.4, 0.5) is 0 Å². The van der Waals surface area contributed by atoms with Crippen molar-refractivity contribution in [3.63, 3.8) is 0 Å². The second kappa shape index (κ2) is 8.02. The van der Waals surface area contributed by atoms with Crippen molar-refractivity contribution in [1.29, 1.82) is 5.26 Å². The lowest BCUT2D eigenvalue weighted by Crippen LogP contribution is -2.27. The number of rotatable bonds is 8. The van der Waals surface area contributed by atoms with Gasteiger partial charge in [0.25, 0.3) is 0 Å². The Morgan fingerprint density at radius 2 is 2.20 bits per heavy atom. The number of nitrogens with zero attached hydrogens (tertiary/aromatic N) is 1. The van der Waals surface area contributed by atoms with Gasteiger partial charge in [-0.05, 0) is 24.6 Å². The number of hydrogen-bond acceptors (Lipinski definition) is 4. The van der Waals surface area contributed by atoms with Gasteiger partial charge in [0.2, 0.25) is 10.0 Å². The average Bonchev–Trinajstić information content (AvgIpc) is 2.42. The van der Waals surface area contributed by atoms with Gasteiger partial charge in [-0.3, -0.25) is 0 Å². The Labute approximate surface area is 123 Å². The maximum absolute atomic E-state index is 12.0. The number of sulfonamides is 1. The molecule has 0 bridgehead atoms. The Morgan fingerprint density at radius 1 is 1.45 bits per heavy atom. The molecular formula is C13H15ClN2O3S. The van der Waals surface area contributed by atoms with Crippen molar-refractivity contribution in [3.8, 4) is 6.07 Å². The highest BCUT2D eigenvalue weighted by atomic mass is 35.5. The first kappa shape index (κ1) is 16.7. The molecule has 0 aliphatic carbocycles. The van der Waals surface area contributed by atoms with E-state index in [2.05, 4.69) is 11.3 Å². The number of hydrogen-bond donors (Lipinski definition) is 1. The van der Waals surface area contributed by atoms with Crippen molar-refractivity contribution in [2.75, 3.05) is 19.8 Å². The van der Waals surface area contributed by atoms with E-state index in [1.165, 1.54) is 18.2 Å². The third-order valence-corrected chi connectivity index (χ3v) is 4.30. The van der Waals surface area contributed by atoms with Gasteiger partial charge in [-0.2, -0.15) is 5.26 Å². The van der Waals surface area contributed by atoms with E-state index in [-0.39, 0.29) is 23.1 Å². The number of halogens is 1. The molecule has 1 rings (SSSR count). The molecule has 0 radical (unpaired) electrons. The molecule has 108 valence electrons. The molecule has 0 saturated heterocycles. The number of nitrogens with one attached hydrogen (secondary N) is 1. The standard InChI is InChI=1S/C13H15ClN2O3S/c1-2-3-7-19-8-6-16-20(17,18)13-5-4-11(10-15)9-12(13)14/h2,4-5,9,16H,1,3,6-8H2. The molecule has 0 fully saturated rings. The first-order valence-corrected chi connectivity index (χ1v) is 7.75. The fraction of sp³-hybridized carbons (Fsp3) is 0.308. The van der Waals surface area contributed by atoms with Crippen molar-refractivity contribution in [3.05, 3.63) is 41.4 Å². The van der Waals surface area contributed by atoms with Gasteiger partial charge in [-0.1, -0.05) is 17.7 Å². The summed E-state index contributed by atoms with van der Waals surface area (Å²) in [6.07, 6.45) is 2.44. The maximum atomic E-state index is 12.0. The summed E-state index contributed by atoms with van der Waals surface area (Å²) in [4.78, 5) is -0.0516. The van der Waals surface area contributed by atoms with E-state index in [0.717, 1.165) is 0 Å². The lowest BCUT2D eigenvalue weighted by atomic mass is 10.2. The topological polar surface area (TPSA) is 79.2 Å². The van der Waals surface area contributed by atoms with Crippen LogP contribution in [0.1, 0.15) is 12.0 Å². The van der Waals surface area contributed by atoms with Crippen molar-refractivity contribution in [2.24, 2.45) is 0 Å². The monoisotopic (exact) mass is 314 g/mol. The van der Waals surface area contributed by atoms with Gasteiger partial charge in [-0.25, -0.2) is 13.1 Å². The molecule has 7 heteroatoms. The summed E-state index contributed by atoms with van der Waals surface area (Å²) in [5, 5.41) is 8.72. The molecule has 0 spiro atoms. The number of benzene rings is 1. The van der Waals surface area contributed by atoms with Crippen LogP contribution in [0.15, 0.2) is 35.7 Å². The highest BCUT2D eigenvalue weighted by molar-refractivity contribution is 7.89. The number of nitriles is 1. The summed E-state index contributed by atoms with van der Waals surface area (Å²) in [5.74, 6) is 0. The van der Waals surface area contributed by atoms with E-state index in [0.29, 0.717) is 18.6 Å². The van der Waals surface area contributed by atoms with E-state index in [1.54, 1.807) is 6.08 Å². The molecule has 1 N–H and O–H groups in total. The van der Waals surface area contributed by atoms with E-state index in [9.17, 15) is 8.42 Å². The van der Waals surface area contributed by atoms with Crippen molar-refractivity contribution in [2.45, 2.75) is 11.3 Å². The first-order valence-electron chi connectivity index (χ1n) is 5.89. The second-order valence-electron chi connectivity index (χ2n) is 3.84. The minimum absolute atomic E-state index is 0.0177. The van der Waals surface area contributed by atoms with Crippen molar-refractivity contribution >= 4 is 21.6 Å². The van der Waals surface area contributed by atoms with Gasteiger partial charge in [0.05, 0.1) is 29.9 Å². The van der Waals surface area contributed by atoms with Gasteiger partial charge in [0, 0.05) is 6.54 Å². The molecule has 0 aromatic heterocycles. The predicted octanol–water partition coefficient (Wildman–Crippen LogP) is 2.08. The van der Waals surface area contributed by atoms with Crippen LogP contribution in [-0.2, 0) is 14.8 Å². The Morgan fingerprint density at radius 3 is 2.80 bits per heavy atom.